The molecule has 2 aromatic carbocycles. The van der Waals surface area contributed by atoms with Crippen LogP contribution in [-0.2, 0) is 18.4 Å². The lowest BCUT2D eigenvalue weighted by molar-refractivity contribution is -0.142. The van der Waals surface area contributed by atoms with Gasteiger partial charge in [0.2, 0.25) is 5.95 Å². The summed E-state index contributed by atoms with van der Waals surface area (Å²) < 4.78 is 34.7. The van der Waals surface area contributed by atoms with Crippen LogP contribution >= 0.6 is 22.6 Å². The molecular formula is C27H26F2IN5O4. The molecule has 5 rings (SSSR count). The number of anilines is 1. The second-order valence-corrected chi connectivity index (χ2v) is 10.6. The highest BCUT2D eigenvalue weighted by atomic mass is 127. The van der Waals surface area contributed by atoms with E-state index in [9.17, 15) is 23.5 Å². The summed E-state index contributed by atoms with van der Waals surface area (Å²) >= 11 is 2.17. The summed E-state index contributed by atoms with van der Waals surface area (Å²) in [6.45, 7) is 0.277. The second-order valence-electron chi connectivity index (χ2n) is 9.50. The monoisotopic (exact) mass is 649 g/mol. The molecule has 0 saturated carbocycles. The van der Waals surface area contributed by atoms with E-state index in [2.05, 4.69) is 32.6 Å². The average molecular weight is 649 g/mol. The van der Waals surface area contributed by atoms with E-state index in [0.717, 1.165) is 20.3 Å². The SMILES string of the molecule is Cc1c(-c2cnc(N3CCC(C(=O)O)CC3)nc2)cc2c(c1I)c(=O)n(C)n2Cc1ccccc1OC(F)F. The Hall–Kier alpha value is -3.55. The van der Waals surface area contributed by atoms with Crippen LogP contribution in [-0.4, -0.2) is 50.1 Å². The first kappa shape index (κ1) is 27.0. The highest BCUT2D eigenvalue weighted by Gasteiger charge is 2.26. The molecule has 1 aliphatic rings. The molecule has 0 spiro atoms. The van der Waals surface area contributed by atoms with Crippen LogP contribution in [0.1, 0.15) is 24.0 Å². The third-order valence-electron chi connectivity index (χ3n) is 7.22. The van der Waals surface area contributed by atoms with Crippen LogP contribution in [0.3, 0.4) is 0 Å². The number of ether oxygens (including phenoxy) is 1. The molecule has 1 fully saturated rings. The Balaban J connectivity index is 1.51. The van der Waals surface area contributed by atoms with Gasteiger partial charge in [0.15, 0.2) is 0 Å². The fourth-order valence-corrected chi connectivity index (χ4v) is 5.82. The van der Waals surface area contributed by atoms with Gasteiger partial charge in [-0.15, -0.1) is 0 Å². The molecular weight excluding hydrogens is 623 g/mol. The number of piperidine rings is 1. The van der Waals surface area contributed by atoms with Crippen molar-refractivity contribution < 1.29 is 23.4 Å². The molecule has 9 nitrogen and oxygen atoms in total. The number of nitrogens with zero attached hydrogens (tertiary/aromatic N) is 5. The first-order valence-electron chi connectivity index (χ1n) is 12.4. The van der Waals surface area contributed by atoms with Crippen molar-refractivity contribution in [3.63, 3.8) is 0 Å². The van der Waals surface area contributed by atoms with Gasteiger partial charge >= 0.3 is 12.6 Å². The molecule has 1 N–H and O–H groups in total. The minimum Gasteiger partial charge on any atom is -0.481 e. The third kappa shape index (κ3) is 5.21. The highest BCUT2D eigenvalue weighted by molar-refractivity contribution is 14.1. The van der Waals surface area contributed by atoms with Crippen molar-refractivity contribution >= 4 is 45.4 Å². The number of para-hydroxylation sites is 1. The topological polar surface area (TPSA) is 102 Å². The van der Waals surface area contributed by atoms with E-state index in [-0.39, 0.29) is 23.8 Å². The number of benzene rings is 2. The minimum absolute atomic E-state index is 0.0557. The molecule has 1 saturated heterocycles. The number of rotatable bonds is 7. The number of alkyl halides is 2. The summed E-state index contributed by atoms with van der Waals surface area (Å²) in [4.78, 5) is 35.6. The third-order valence-corrected chi connectivity index (χ3v) is 8.57. The molecule has 0 atom stereocenters. The summed E-state index contributed by atoms with van der Waals surface area (Å²) in [5, 5.41) is 9.79. The predicted molar refractivity (Wildman–Crippen MR) is 150 cm³/mol. The zero-order valence-electron chi connectivity index (χ0n) is 21.3. The predicted octanol–water partition coefficient (Wildman–Crippen LogP) is 4.66. The van der Waals surface area contributed by atoms with Gasteiger partial charge in [0.1, 0.15) is 5.75 Å². The zero-order valence-corrected chi connectivity index (χ0v) is 23.4. The Morgan fingerprint density at radius 1 is 1.21 bits per heavy atom. The maximum atomic E-state index is 13.2. The van der Waals surface area contributed by atoms with Crippen molar-refractivity contribution in [2.24, 2.45) is 13.0 Å². The number of hydrogen-bond acceptors (Lipinski definition) is 6. The van der Waals surface area contributed by atoms with Crippen molar-refractivity contribution in [2.75, 3.05) is 18.0 Å². The number of aromatic nitrogens is 4. The summed E-state index contributed by atoms with van der Waals surface area (Å²) in [5.41, 5.74) is 3.49. The van der Waals surface area contributed by atoms with Crippen LogP contribution in [0.4, 0.5) is 14.7 Å². The van der Waals surface area contributed by atoms with E-state index >= 15 is 0 Å². The summed E-state index contributed by atoms with van der Waals surface area (Å²) in [6.07, 6.45) is 4.55. The standard InChI is InChI=1S/C27H26F2IN5O4/c1-15-19(18-12-31-27(32-13-18)34-9-7-16(8-10-34)25(37)38)11-20-22(23(15)30)24(36)33(2)35(20)14-17-5-3-4-6-21(17)39-26(28)29/h3-6,11-13,16,26H,7-10,14H2,1-2H3,(H,37,38). The van der Waals surface area contributed by atoms with Gasteiger partial charge < -0.3 is 14.7 Å². The van der Waals surface area contributed by atoms with E-state index in [4.69, 9.17) is 4.74 Å². The number of halogens is 3. The van der Waals surface area contributed by atoms with Crippen molar-refractivity contribution in [3.8, 4) is 16.9 Å². The van der Waals surface area contributed by atoms with Gasteiger partial charge in [-0.1, -0.05) is 18.2 Å². The number of aliphatic carboxylic acids is 1. The molecule has 12 heteroatoms. The normalized spacial score (nSPS) is 14.4. The first-order valence-corrected chi connectivity index (χ1v) is 13.4. The van der Waals surface area contributed by atoms with Gasteiger partial charge in [-0.05, 0) is 65.6 Å². The Kier molecular flexibility index (Phi) is 7.56. The second kappa shape index (κ2) is 10.9. The van der Waals surface area contributed by atoms with Crippen LogP contribution in [0.5, 0.6) is 5.75 Å². The number of carboxylic acid groups (broad SMARTS) is 1. The highest BCUT2D eigenvalue weighted by Crippen LogP contribution is 2.33. The zero-order chi connectivity index (χ0) is 27.8. The molecule has 0 radical (unpaired) electrons. The summed E-state index contributed by atoms with van der Waals surface area (Å²) in [7, 11) is 1.65. The number of carbonyl (C=O) groups is 1. The van der Waals surface area contributed by atoms with Crippen molar-refractivity contribution in [1.82, 2.24) is 19.3 Å². The number of carboxylic acids is 1. The molecule has 0 amide bonds. The molecule has 39 heavy (non-hydrogen) atoms. The smallest absolute Gasteiger partial charge is 0.387 e. The number of hydrogen-bond donors (Lipinski definition) is 1. The van der Waals surface area contributed by atoms with Crippen molar-refractivity contribution in [1.29, 1.82) is 0 Å². The largest absolute Gasteiger partial charge is 0.481 e. The molecule has 0 bridgehead atoms. The van der Waals surface area contributed by atoms with E-state index < -0.39 is 12.6 Å². The van der Waals surface area contributed by atoms with Gasteiger partial charge in [-0.3, -0.25) is 19.0 Å². The van der Waals surface area contributed by atoms with Crippen LogP contribution in [0, 0.1) is 16.4 Å². The quantitative estimate of drug-likeness (QED) is 0.291. The van der Waals surface area contributed by atoms with Crippen molar-refractivity contribution in [3.05, 3.63) is 67.8 Å². The summed E-state index contributed by atoms with van der Waals surface area (Å²) in [6, 6.07) is 8.44. The molecule has 2 aromatic heterocycles. The van der Waals surface area contributed by atoms with Gasteiger partial charge in [0.25, 0.3) is 5.56 Å². The van der Waals surface area contributed by atoms with Gasteiger partial charge in [-0.2, -0.15) is 8.78 Å². The van der Waals surface area contributed by atoms with E-state index in [1.165, 1.54) is 10.7 Å². The van der Waals surface area contributed by atoms with Crippen LogP contribution in [0.2, 0.25) is 0 Å². The van der Waals surface area contributed by atoms with Gasteiger partial charge in [-0.25, -0.2) is 9.97 Å². The Bertz CT molecular complexity index is 1590. The lowest BCUT2D eigenvalue weighted by Crippen LogP contribution is -2.37. The Labute approximate surface area is 236 Å². The Morgan fingerprint density at radius 3 is 2.51 bits per heavy atom. The number of fused-ring (bicyclic) bond motifs is 1. The molecule has 4 aromatic rings. The molecule has 0 unspecified atom stereocenters. The van der Waals surface area contributed by atoms with Gasteiger partial charge in [0.05, 0.1) is 23.4 Å². The minimum atomic E-state index is -2.96. The molecule has 3 heterocycles. The molecule has 204 valence electrons. The van der Waals surface area contributed by atoms with Crippen LogP contribution < -0.4 is 15.2 Å². The van der Waals surface area contributed by atoms with E-state index in [1.807, 2.05) is 17.9 Å². The molecule has 1 aliphatic heterocycles. The van der Waals surface area contributed by atoms with Crippen LogP contribution in [0.25, 0.3) is 22.0 Å². The van der Waals surface area contributed by atoms with Crippen LogP contribution in [0.15, 0.2) is 47.5 Å². The maximum absolute atomic E-state index is 13.2. The first-order chi connectivity index (χ1) is 18.7. The fourth-order valence-electron chi connectivity index (χ4n) is 5.02. The average Bonchev–Trinajstić information content (AvgIpc) is 3.16. The lowest BCUT2D eigenvalue weighted by Gasteiger charge is -2.30. The van der Waals surface area contributed by atoms with Crippen molar-refractivity contribution in [2.45, 2.75) is 32.9 Å². The lowest BCUT2D eigenvalue weighted by atomic mass is 9.97. The molecule has 0 aliphatic carbocycles. The Morgan fingerprint density at radius 2 is 1.87 bits per heavy atom. The van der Waals surface area contributed by atoms with E-state index in [0.29, 0.717) is 48.3 Å². The summed E-state index contributed by atoms with van der Waals surface area (Å²) in [5.74, 6) is -0.506. The fraction of sp³-hybridized carbons (Fsp3) is 0.333. The maximum Gasteiger partial charge on any atom is 0.387 e. The van der Waals surface area contributed by atoms with E-state index in [1.54, 1.807) is 42.3 Å². The van der Waals surface area contributed by atoms with Gasteiger partial charge in [0, 0.05) is 47.2 Å².